The molecule has 1 aliphatic heterocycles. The smallest absolute Gasteiger partial charge is 0.303 e. The standard InChI is InChI=1S/C29H42O6/c1-18(9-8-10-20(3)26-17-27(32)29(6,7)35-26)13-25(34-22(5)30)14-19(2)11-12-23-16-24(31)15-21(4)28(23)33/h10-11,13,15-16,25-27,31-33H,8-9,12,14,17H2,1-7H3. The average Bonchev–Trinajstić information content (AvgIpc) is 3.01. The number of phenolic OH excluding ortho intramolecular Hbond substituents is 2. The molecule has 1 saturated heterocycles. The number of rotatable bonds is 10. The van der Waals surface area contributed by atoms with Crippen molar-refractivity contribution in [1.82, 2.24) is 0 Å². The molecule has 0 saturated carbocycles. The zero-order chi connectivity index (χ0) is 26.3. The highest BCUT2D eigenvalue weighted by molar-refractivity contribution is 5.66. The molecular formula is C29H42O6. The Balaban J connectivity index is 1.98. The van der Waals surface area contributed by atoms with Crippen molar-refractivity contribution < 1.29 is 29.6 Å². The quantitative estimate of drug-likeness (QED) is 0.219. The molecule has 0 aliphatic carbocycles. The maximum atomic E-state index is 11.7. The normalized spacial score (nSPS) is 21.8. The minimum absolute atomic E-state index is 0.0550. The highest BCUT2D eigenvalue weighted by atomic mass is 16.5. The molecule has 194 valence electrons. The third-order valence-electron chi connectivity index (χ3n) is 6.54. The van der Waals surface area contributed by atoms with Crippen LogP contribution < -0.4 is 0 Å². The van der Waals surface area contributed by atoms with Gasteiger partial charge in [-0.15, -0.1) is 0 Å². The number of carbonyl (C=O) groups excluding carboxylic acids is 1. The Morgan fingerprint density at radius 3 is 2.46 bits per heavy atom. The highest BCUT2D eigenvalue weighted by Gasteiger charge is 2.40. The van der Waals surface area contributed by atoms with Gasteiger partial charge in [0.1, 0.15) is 17.6 Å². The summed E-state index contributed by atoms with van der Waals surface area (Å²) < 4.78 is 11.5. The Kier molecular flexibility index (Phi) is 10.2. The number of phenols is 2. The van der Waals surface area contributed by atoms with Crippen LogP contribution in [0.2, 0.25) is 0 Å². The van der Waals surface area contributed by atoms with Gasteiger partial charge in [0.15, 0.2) is 0 Å². The van der Waals surface area contributed by atoms with Crippen molar-refractivity contribution in [3.05, 3.63) is 58.2 Å². The van der Waals surface area contributed by atoms with Gasteiger partial charge < -0.3 is 24.8 Å². The number of aryl methyl sites for hydroxylation is 1. The molecule has 3 N–H and O–H groups in total. The molecule has 1 aromatic carbocycles. The first-order valence-corrected chi connectivity index (χ1v) is 12.3. The molecule has 6 heteroatoms. The number of aliphatic hydroxyl groups is 1. The fraction of sp³-hybridized carbons (Fsp3) is 0.552. The second kappa shape index (κ2) is 12.4. The van der Waals surface area contributed by atoms with Gasteiger partial charge in [-0.2, -0.15) is 0 Å². The van der Waals surface area contributed by atoms with Crippen LogP contribution in [-0.2, 0) is 20.7 Å². The van der Waals surface area contributed by atoms with E-state index in [1.54, 1.807) is 13.0 Å². The van der Waals surface area contributed by atoms with Crippen LogP contribution in [-0.4, -0.2) is 45.2 Å². The zero-order valence-electron chi connectivity index (χ0n) is 22.2. The summed E-state index contributed by atoms with van der Waals surface area (Å²) in [5.74, 6) is -0.0201. The average molecular weight is 487 g/mol. The van der Waals surface area contributed by atoms with Gasteiger partial charge in [-0.25, -0.2) is 0 Å². The van der Waals surface area contributed by atoms with E-state index >= 15 is 0 Å². The first-order valence-electron chi connectivity index (χ1n) is 12.3. The van der Waals surface area contributed by atoms with Crippen molar-refractivity contribution in [2.24, 2.45) is 0 Å². The van der Waals surface area contributed by atoms with Crippen LogP contribution in [0.5, 0.6) is 11.5 Å². The van der Waals surface area contributed by atoms with Gasteiger partial charge in [0.25, 0.3) is 0 Å². The summed E-state index contributed by atoms with van der Waals surface area (Å²) in [6.07, 6.45) is 8.55. The second-order valence-corrected chi connectivity index (χ2v) is 10.3. The van der Waals surface area contributed by atoms with E-state index in [4.69, 9.17) is 9.47 Å². The maximum absolute atomic E-state index is 11.7. The fourth-order valence-electron chi connectivity index (χ4n) is 4.34. The van der Waals surface area contributed by atoms with Gasteiger partial charge in [0, 0.05) is 25.3 Å². The monoisotopic (exact) mass is 486 g/mol. The topological polar surface area (TPSA) is 96.2 Å². The molecular weight excluding hydrogens is 444 g/mol. The Morgan fingerprint density at radius 1 is 1.17 bits per heavy atom. The number of ether oxygens (including phenoxy) is 2. The largest absolute Gasteiger partial charge is 0.508 e. The van der Waals surface area contributed by atoms with Crippen LogP contribution in [0.1, 0.15) is 78.4 Å². The molecule has 1 heterocycles. The predicted octanol–water partition coefficient (Wildman–Crippen LogP) is 5.82. The van der Waals surface area contributed by atoms with Crippen LogP contribution >= 0.6 is 0 Å². The van der Waals surface area contributed by atoms with Crippen molar-refractivity contribution in [1.29, 1.82) is 0 Å². The lowest BCUT2D eigenvalue weighted by molar-refractivity contribution is -0.144. The molecule has 1 aliphatic rings. The molecule has 6 nitrogen and oxygen atoms in total. The minimum Gasteiger partial charge on any atom is -0.508 e. The lowest BCUT2D eigenvalue weighted by atomic mass is 9.98. The van der Waals surface area contributed by atoms with Gasteiger partial charge in [-0.1, -0.05) is 23.3 Å². The van der Waals surface area contributed by atoms with E-state index in [2.05, 4.69) is 6.08 Å². The first kappa shape index (κ1) is 28.7. The Bertz CT molecular complexity index is 985. The molecule has 1 fully saturated rings. The van der Waals surface area contributed by atoms with Gasteiger partial charge >= 0.3 is 5.97 Å². The molecule has 3 atom stereocenters. The Labute approximate surface area is 210 Å². The second-order valence-electron chi connectivity index (χ2n) is 10.3. The van der Waals surface area contributed by atoms with Crippen molar-refractivity contribution in [2.45, 2.75) is 104 Å². The fourth-order valence-corrected chi connectivity index (χ4v) is 4.34. The van der Waals surface area contributed by atoms with Gasteiger partial charge in [-0.05, 0) is 90.2 Å². The lowest BCUT2D eigenvalue weighted by Crippen LogP contribution is -2.31. The SMILES string of the molecule is CC(=O)OC(C=C(C)CCC=C(C)C1CC(O)C(C)(C)O1)CC(C)=CCc1cc(O)cc(C)c1O. The number of aromatic hydroxyl groups is 2. The number of allylic oxidation sites excluding steroid dienone is 3. The molecule has 0 bridgehead atoms. The van der Waals surface area contributed by atoms with Crippen molar-refractivity contribution >= 4 is 5.97 Å². The summed E-state index contributed by atoms with van der Waals surface area (Å²) in [4.78, 5) is 11.7. The van der Waals surface area contributed by atoms with E-state index < -0.39 is 11.7 Å². The van der Waals surface area contributed by atoms with Crippen LogP contribution in [0.4, 0.5) is 0 Å². The summed E-state index contributed by atoms with van der Waals surface area (Å²) in [6, 6.07) is 3.09. The molecule has 0 spiro atoms. The number of hydrogen-bond acceptors (Lipinski definition) is 6. The number of aliphatic hydroxyl groups excluding tert-OH is 1. The van der Waals surface area contributed by atoms with Gasteiger partial charge in [-0.3, -0.25) is 4.79 Å². The molecule has 0 radical (unpaired) electrons. The highest BCUT2D eigenvalue weighted by Crippen LogP contribution is 2.33. The van der Waals surface area contributed by atoms with E-state index in [0.29, 0.717) is 30.4 Å². The number of hydrogen-bond donors (Lipinski definition) is 3. The minimum atomic E-state index is -0.517. The van der Waals surface area contributed by atoms with Crippen molar-refractivity contribution in [2.75, 3.05) is 0 Å². The zero-order valence-corrected chi connectivity index (χ0v) is 22.2. The van der Waals surface area contributed by atoms with E-state index in [0.717, 1.165) is 29.6 Å². The van der Waals surface area contributed by atoms with E-state index in [1.165, 1.54) is 13.0 Å². The van der Waals surface area contributed by atoms with Crippen LogP contribution in [0.25, 0.3) is 0 Å². The first-order chi connectivity index (χ1) is 16.3. The number of esters is 1. The summed E-state index contributed by atoms with van der Waals surface area (Å²) in [7, 11) is 0. The van der Waals surface area contributed by atoms with E-state index in [1.807, 2.05) is 46.8 Å². The van der Waals surface area contributed by atoms with E-state index in [-0.39, 0.29) is 29.7 Å². The summed E-state index contributed by atoms with van der Waals surface area (Å²) in [6.45, 7) is 13.0. The predicted molar refractivity (Wildman–Crippen MR) is 138 cm³/mol. The molecule has 1 aromatic rings. The summed E-state index contributed by atoms with van der Waals surface area (Å²) in [5, 5.41) is 30.2. The molecule has 3 unspecified atom stereocenters. The van der Waals surface area contributed by atoms with Gasteiger partial charge in [0.05, 0.1) is 17.8 Å². The molecule has 35 heavy (non-hydrogen) atoms. The van der Waals surface area contributed by atoms with Crippen LogP contribution in [0.15, 0.2) is 47.1 Å². The van der Waals surface area contributed by atoms with E-state index in [9.17, 15) is 20.1 Å². The summed E-state index contributed by atoms with van der Waals surface area (Å²) >= 11 is 0. The van der Waals surface area contributed by atoms with Crippen LogP contribution in [0.3, 0.4) is 0 Å². The Morgan fingerprint density at radius 2 is 1.86 bits per heavy atom. The molecule has 0 aromatic heterocycles. The number of carbonyl (C=O) groups is 1. The van der Waals surface area contributed by atoms with Crippen molar-refractivity contribution in [3.8, 4) is 11.5 Å². The van der Waals surface area contributed by atoms with Gasteiger partial charge in [0.2, 0.25) is 0 Å². The maximum Gasteiger partial charge on any atom is 0.303 e. The van der Waals surface area contributed by atoms with Crippen LogP contribution in [0, 0.1) is 6.92 Å². The third kappa shape index (κ3) is 8.86. The summed E-state index contributed by atoms with van der Waals surface area (Å²) in [5.41, 5.74) is 4.05. The molecule has 2 rings (SSSR count). The molecule has 0 amide bonds. The number of benzene rings is 1. The Hall–Kier alpha value is -2.57. The van der Waals surface area contributed by atoms with Crippen molar-refractivity contribution in [3.63, 3.8) is 0 Å². The lowest BCUT2D eigenvalue weighted by Gasteiger charge is -2.22. The third-order valence-corrected chi connectivity index (χ3v) is 6.54.